The number of nitrogens with zero attached hydrogens (tertiary/aromatic N) is 2. The zero-order valence-electron chi connectivity index (χ0n) is 11.1. The van der Waals surface area contributed by atoms with Crippen molar-refractivity contribution in [3.05, 3.63) is 29.8 Å². The molecule has 1 fully saturated rings. The minimum absolute atomic E-state index is 0.558. The predicted molar refractivity (Wildman–Crippen MR) is 73.9 cm³/mol. The Morgan fingerprint density at radius 1 is 1.39 bits per heavy atom. The van der Waals surface area contributed by atoms with Gasteiger partial charge in [-0.05, 0) is 31.9 Å². The molecular weight excluding hydrogens is 226 g/mol. The van der Waals surface area contributed by atoms with Gasteiger partial charge in [0.15, 0.2) is 5.96 Å². The molecule has 2 rings (SSSR count). The molecule has 4 heteroatoms. The molecule has 2 N–H and O–H groups in total. The Kier molecular flexibility index (Phi) is 4.07. The lowest BCUT2D eigenvalue weighted by Crippen LogP contribution is -2.36. The van der Waals surface area contributed by atoms with Gasteiger partial charge in [-0.3, -0.25) is 0 Å². The van der Waals surface area contributed by atoms with Crippen LogP contribution in [0.1, 0.15) is 18.4 Å². The summed E-state index contributed by atoms with van der Waals surface area (Å²) in [5.74, 6) is 1.50. The predicted octanol–water partition coefficient (Wildman–Crippen LogP) is 1.78. The van der Waals surface area contributed by atoms with Crippen LogP contribution >= 0.6 is 0 Å². The van der Waals surface area contributed by atoms with E-state index in [4.69, 9.17) is 10.5 Å². The Bertz CT molecular complexity index is 410. The molecule has 0 unspecified atom stereocenters. The number of aliphatic imine (C=N–C) groups is 1. The third-order valence-corrected chi connectivity index (χ3v) is 3.11. The van der Waals surface area contributed by atoms with Gasteiger partial charge in [0.25, 0.3) is 0 Å². The molecule has 18 heavy (non-hydrogen) atoms. The van der Waals surface area contributed by atoms with E-state index in [2.05, 4.69) is 11.9 Å². The first-order valence-corrected chi connectivity index (χ1v) is 6.39. The summed E-state index contributed by atoms with van der Waals surface area (Å²) in [5, 5.41) is 0. The van der Waals surface area contributed by atoms with Gasteiger partial charge in [0, 0.05) is 13.1 Å². The van der Waals surface area contributed by atoms with Crippen molar-refractivity contribution in [2.45, 2.75) is 25.8 Å². The zero-order valence-corrected chi connectivity index (χ0v) is 11.1. The number of aryl methyl sites for hydroxylation is 1. The molecule has 0 aromatic heterocycles. The van der Waals surface area contributed by atoms with Crippen molar-refractivity contribution in [2.24, 2.45) is 10.7 Å². The summed E-state index contributed by atoms with van der Waals surface area (Å²) < 4.78 is 5.59. The number of hydrogen-bond acceptors (Lipinski definition) is 2. The average molecular weight is 247 g/mol. The molecule has 1 aromatic carbocycles. The molecule has 0 heterocycles. The maximum Gasteiger partial charge on any atom is 0.191 e. The van der Waals surface area contributed by atoms with Crippen LogP contribution in [-0.2, 0) is 0 Å². The normalized spacial score (nSPS) is 15.6. The minimum Gasteiger partial charge on any atom is -0.492 e. The fourth-order valence-corrected chi connectivity index (χ4v) is 1.72. The maximum absolute atomic E-state index is 5.88. The molecule has 0 amide bonds. The molecule has 1 saturated carbocycles. The van der Waals surface area contributed by atoms with Crippen LogP contribution < -0.4 is 10.5 Å². The number of guanidine groups is 1. The summed E-state index contributed by atoms with van der Waals surface area (Å²) in [4.78, 5) is 6.36. The summed E-state index contributed by atoms with van der Waals surface area (Å²) in [6.07, 6.45) is 2.46. The Morgan fingerprint density at radius 3 is 2.67 bits per heavy atom. The van der Waals surface area contributed by atoms with Crippen LogP contribution in [0.3, 0.4) is 0 Å². The molecular formula is C14H21N3O. The Balaban J connectivity index is 1.71. The molecule has 0 bridgehead atoms. The van der Waals surface area contributed by atoms with Gasteiger partial charge in [0.2, 0.25) is 0 Å². The van der Waals surface area contributed by atoms with E-state index in [-0.39, 0.29) is 0 Å². The van der Waals surface area contributed by atoms with E-state index in [0.717, 1.165) is 5.75 Å². The van der Waals surface area contributed by atoms with Crippen molar-refractivity contribution in [3.8, 4) is 5.75 Å². The van der Waals surface area contributed by atoms with Crippen LogP contribution in [0.2, 0.25) is 0 Å². The summed E-state index contributed by atoms with van der Waals surface area (Å²) in [6, 6.07) is 8.62. The average Bonchev–Trinajstić information content (AvgIpc) is 3.20. The van der Waals surface area contributed by atoms with Gasteiger partial charge in [0.1, 0.15) is 12.4 Å². The van der Waals surface area contributed by atoms with Crippen LogP contribution in [0.15, 0.2) is 29.3 Å². The second-order valence-electron chi connectivity index (χ2n) is 4.74. The van der Waals surface area contributed by atoms with Gasteiger partial charge in [-0.15, -0.1) is 0 Å². The number of hydrogen-bond donors (Lipinski definition) is 1. The van der Waals surface area contributed by atoms with Gasteiger partial charge in [-0.25, -0.2) is 4.99 Å². The number of ether oxygens (including phenoxy) is 1. The van der Waals surface area contributed by atoms with Gasteiger partial charge >= 0.3 is 0 Å². The van der Waals surface area contributed by atoms with Crippen molar-refractivity contribution < 1.29 is 4.74 Å². The van der Waals surface area contributed by atoms with Crippen LogP contribution in [0.5, 0.6) is 5.75 Å². The van der Waals surface area contributed by atoms with Gasteiger partial charge in [0.05, 0.1) is 6.54 Å². The van der Waals surface area contributed by atoms with Crippen molar-refractivity contribution in [1.29, 1.82) is 0 Å². The fraction of sp³-hybridized carbons (Fsp3) is 0.500. The smallest absolute Gasteiger partial charge is 0.191 e. The van der Waals surface area contributed by atoms with E-state index in [1.807, 2.05) is 36.2 Å². The SMILES string of the molecule is Cc1ccc(OCCN=C(N)N(C)C2CC2)cc1. The molecule has 1 aromatic rings. The lowest BCUT2D eigenvalue weighted by Gasteiger charge is -2.16. The molecule has 98 valence electrons. The van der Waals surface area contributed by atoms with Gasteiger partial charge in [-0.1, -0.05) is 17.7 Å². The van der Waals surface area contributed by atoms with Crippen LogP contribution in [-0.4, -0.2) is 37.1 Å². The van der Waals surface area contributed by atoms with E-state index in [1.54, 1.807) is 0 Å². The summed E-state index contributed by atoms with van der Waals surface area (Å²) in [7, 11) is 2.00. The highest BCUT2D eigenvalue weighted by atomic mass is 16.5. The van der Waals surface area contributed by atoms with E-state index in [9.17, 15) is 0 Å². The molecule has 4 nitrogen and oxygen atoms in total. The standard InChI is InChI=1S/C14H21N3O/c1-11-3-7-13(8-4-11)18-10-9-16-14(15)17(2)12-5-6-12/h3-4,7-8,12H,5-6,9-10H2,1-2H3,(H2,15,16). The van der Waals surface area contributed by atoms with E-state index in [1.165, 1.54) is 18.4 Å². The van der Waals surface area contributed by atoms with E-state index >= 15 is 0 Å². The topological polar surface area (TPSA) is 50.9 Å². The number of benzene rings is 1. The lowest BCUT2D eigenvalue weighted by atomic mass is 10.2. The van der Waals surface area contributed by atoms with Crippen LogP contribution in [0.25, 0.3) is 0 Å². The Morgan fingerprint density at radius 2 is 2.06 bits per heavy atom. The molecule has 0 aliphatic heterocycles. The summed E-state index contributed by atoms with van der Waals surface area (Å²) >= 11 is 0. The second kappa shape index (κ2) is 5.76. The fourth-order valence-electron chi connectivity index (χ4n) is 1.72. The highest BCUT2D eigenvalue weighted by Gasteiger charge is 2.27. The van der Waals surface area contributed by atoms with E-state index in [0.29, 0.717) is 25.2 Å². The number of nitrogens with two attached hydrogens (primary N) is 1. The Hall–Kier alpha value is -1.71. The molecule has 1 aliphatic carbocycles. The molecule has 1 aliphatic rings. The van der Waals surface area contributed by atoms with Crippen molar-refractivity contribution in [1.82, 2.24) is 4.90 Å². The first kappa shape index (κ1) is 12.7. The first-order chi connectivity index (χ1) is 8.66. The van der Waals surface area contributed by atoms with E-state index < -0.39 is 0 Å². The van der Waals surface area contributed by atoms with Crippen LogP contribution in [0, 0.1) is 6.92 Å². The van der Waals surface area contributed by atoms with Gasteiger partial charge < -0.3 is 15.4 Å². The lowest BCUT2D eigenvalue weighted by molar-refractivity contribution is 0.327. The molecule has 0 saturated heterocycles. The molecule has 0 spiro atoms. The molecule has 0 atom stereocenters. The zero-order chi connectivity index (χ0) is 13.0. The summed E-state index contributed by atoms with van der Waals surface area (Å²) in [6.45, 7) is 3.21. The summed E-state index contributed by atoms with van der Waals surface area (Å²) in [5.41, 5.74) is 7.11. The third-order valence-electron chi connectivity index (χ3n) is 3.11. The number of rotatable bonds is 5. The maximum atomic E-state index is 5.88. The monoisotopic (exact) mass is 247 g/mol. The van der Waals surface area contributed by atoms with Gasteiger partial charge in [-0.2, -0.15) is 0 Å². The van der Waals surface area contributed by atoms with Crippen LogP contribution in [0.4, 0.5) is 0 Å². The van der Waals surface area contributed by atoms with Crippen molar-refractivity contribution in [2.75, 3.05) is 20.2 Å². The van der Waals surface area contributed by atoms with Crippen molar-refractivity contribution in [3.63, 3.8) is 0 Å². The highest BCUT2D eigenvalue weighted by Crippen LogP contribution is 2.24. The molecule has 0 radical (unpaired) electrons. The minimum atomic E-state index is 0.558. The quantitative estimate of drug-likeness (QED) is 0.490. The largest absolute Gasteiger partial charge is 0.492 e. The first-order valence-electron chi connectivity index (χ1n) is 6.39. The second-order valence-corrected chi connectivity index (χ2v) is 4.74. The van der Waals surface area contributed by atoms with Crippen molar-refractivity contribution >= 4 is 5.96 Å². The Labute approximate surface area is 108 Å². The highest BCUT2D eigenvalue weighted by molar-refractivity contribution is 5.78. The third kappa shape index (κ3) is 3.65.